The highest BCUT2D eigenvalue weighted by Crippen LogP contribution is 2.33. The van der Waals surface area contributed by atoms with Crippen molar-refractivity contribution >= 4 is 39.8 Å². The standard InChI is InChI=1S/C16H11ClFN3O3S/c1-7(22)11-6-25-16(19-11)20-15(23)12-8(2)24-21-14(12)13-9(17)4-3-5-10(13)18/h3-6H,1-2H3,(H,19,20,23). The number of amides is 1. The van der Waals surface area contributed by atoms with E-state index in [9.17, 15) is 14.0 Å². The van der Waals surface area contributed by atoms with Crippen molar-refractivity contribution in [2.75, 3.05) is 5.32 Å². The molecule has 0 atom stereocenters. The monoisotopic (exact) mass is 379 g/mol. The van der Waals surface area contributed by atoms with Crippen LogP contribution in [0.25, 0.3) is 11.3 Å². The van der Waals surface area contributed by atoms with Gasteiger partial charge < -0.3 is 4.52 Å². The van der Waals surface area contributed by atoms with E-state index in [0.29, 0.717) is 0 Å². The van der Waals surface area contributed by atoms with Gasteiger partial charge in [0.1, 0.15) is 28.5 Å². The number of carbonyl (C=O) groups excluding carboxylic acids is 2. The molecule has 2 aromatic heterocycles. The lowest BCUT2D eigenvalue weighted by molar-refractivity contribution is 0.100. The van der Waals surface area contributed by atoms with Crippen molar-refractivity contribution in [2.45, 2.75) is 13.8 Å². The summed E-state index contributed by atoms with van der Waals surface area (Å²) in [4.78, 5) is 27.9. The number of nitrogens with one attached hydrogen (secondary N) is 1. The number of anilines is 1. The molecular weight excluding hydrogens is 369 g/mol. The Bertz CT molecular complexity index is 963. The average molecular weight is 380 g/mol. The molecule has 0 aliphatic carbocycles. The summed E-state index contributed by atoms with van der Waals surface area (Å²) in [7, 11) is 0. The maximum absolute atomic E-state index is 14.2. The van der Waals surface area contributed by atoms with Crippen molar-refractivity contribution in [3.63, 3.8) is 0 Å². The molecule has 0 fully saturated rings. The Kier molecular flexibility index (Phi) is 4.65. The Hall–Kier alpha value is -2.58. The molecule has 3 aromatic rings. The van der Waals surface area contributed by atoms with Gasteiger partial charge in [0.05, 0.1) is 10.6 Å². The quantitative estimate of drug-likeness (QED) is 0.681. The molecule has 0 aliphatic rings. The minimum Gasteiger partial charge on any atom is -0.360 e. The van der Waals surface area contributed by atoms with E-state index in [4.69, 9.17) is 16.1 Å². The van der Waals surface area contributed by atoms with Crippen LogP contribution >= 0.6 is 22.9 Å². The van der Waals surface area contributed by atoms with E-state index in [1.807, 2.05) is 0 Å². The fraction of sp³-hybridized carbons (Fsp3) is 0.125. The van der Waals surface area contributed by atoms with Gasteiger partial charge in [0, 0.05) is 12.3 Å². The third-order valence-corrected chi connectivity index (χ3v) is 4.45. The van der Waals surface area contributed by atoms with Crippen LogP contribution in [-0.2, 0) is 0 Å². The summed E-state index contributed by atoms with van der Waals surface area (Å²) in [5, 5.41) is 8.21. The van der Waals surface area contributed by atoms with Crippen LogP contribution in [0.15, 0.2) is 28.1 Å². The van der Waals surface area contributed by atoms with E-state index in [0.717, 1.165) is 11.3 Å². The van der Waals surface area contributed by atoms with E-state index < -0.39 is 11.7 Å². The number of halogens is 2. The van der Waals surface area contributed by atoms with E-state index >= 15 is 0 Å². The van der Waals surface area contributed by atoms with Gasteiger partial charge in [0.2, 0.25) is 0 Å². The first kappa shape index (κ1) is 17.2. The van der Waals surface area contributed by atoms with Gasteiger partial charge in [0.25, 0.3) is 5.91 Å². The Morgan fingerprint density at radius 1 is 1.36 bits per heavy atom. The number of nitrogens with zero attached hydrogens (tertiary/aromatic N) is 2. The van der Waals surface area contributed by atoms with Gasteiger partial charge in [-0.3, -0.25) is 14.9 Å². The fourth-order valence-electron chi connectivity index (χ4n) is 2.19. The van der Waals surface area contributed by atoms with Crippen LogP contribution in [0.4, 0.5) is 9.52 Å². The maximum atomic E-state index is 14.2. The summed E-state index contributed by atoms with van der Waals surface area (Å²) in [5.41, 5.74) is 0.280. The third kappa shape index (κ3) is 3.31. The van der Waals surface area contributed by atoms with Crippen molar-refractivity contribution in [3.05, 3.63) is 51.4 Å². The molecule has 0 radical (unpaired) electrons. The van der Waals surface area contributed by atoms with Crippen LogP contribution in [0, 0.1) is 12.7 Å². The van der Waals surface area contributed by atoms with Gasteiger partial charge in [0.15, 0.2) is 10.9 Å². The summed E-state index contributed by atoms with van der Waals surface area (Å²) >= 11 is 7.15. The summed E-state index contributed by atoms with van der Waals surface area (Å²) in [6.07, 6.45) is 0. The van der Waals surface area contributed by atoms with Crippen molar-refractivity contribution in [2.24, 2.45) is 0 Å². The highest BCUT2D eigenvalue weighted by Gasteiger charge is 2.26. The lowest BCUT2D eigenvalue weighted by atomic mass is 10.1. The highest BCUT2D eigenvalue weighted by molar-refractivity contribution is 7.14. The molecule has 6 nitrogen and oxygen atoms in total. The zero-order chi connectivity index (χ0) is 18.1. The molecule has 0 unspecified atom stereocenters. The van der Waals surface area contributed by atoms with E-state index in [1.54, 1.807) is 0 Å². The second-order valence-electron chi connectivity index (χ2n) is 5.11. The van der Waals surface area contributed by atoms with Crippen molar-refractivity contribution in [3.8, 4) is 11.3 Å². The topological polar surface area (TPSA) is 85.1 Å². The van der Waals surface area contributed by atoms with Crippen LogP contribution in [0.3, 0.4) is 0 Å². The summed E-state index contributed by atoms with van der Waals surface area (Å²) in [6, 6.07) is 4.16. The Morgan fingerprint density at radius 2 is 2.12 bits per heavy atom. The zero-order valence-corrected chi connectivity index (χ0v) is 14.7. The van der Waals surface area contributed by atoms with Gasteiger partial charge in [-0.15, -0.1) is 11.3 Å². The second kappa shape index (κ2) is 6.73. The van der Waals surface area contributed by atoms with Crippen LogP contribution in [0.2, 0.25) is 5.02 Å². The molecule has 0 saturated heterocycles. The lowest BCUT2D eigenvalue weighted by Gasteiger charge is -2.05. The zero-order valence-electron chi connectivity index (χ0n) is 13.1. The molecule has 25 heavy (non-hydrogen) atoms. The summed E-state index contributed by atoms with van der Waals surface area (Å²) in [6.45, 7) is 2.91. The molecule has 0 bridgehead atoms. The van der Waals surface area contributed by atoms with E-state index in [-0.39, 0.29) is 44.2 Å². The number of carbonyl (C=O) groups is 2. The second-order valence-corrected chi connectivity index (χ2v) is 6.37. The molecule has 0 spiro atoms. The minimum atomic E-state index is -0.622. The van der Waals surface area contributed by atoms with E-state index in [2.05, 4.69) is 15.5 Å². The first-order chi connectivity index (χ1) is 11.9. The minimum absolute atomic E-state index is 0.00134. The molecule has 3 rings (SSSR count). The summed E-state index contributed by atoms with van der Waals surface area (Å²) in [5.74, 6) is -1.22. The predicted octanol–water partition coefficient (Wildman–Crippen LogP) is 4.35. The molecule has 1 aromatic carbocycles. The number of ketones is 1. The van der Waals surface area contributed by atoms with Crippen LogP contribution in [0.1, 0.15) is 33.5 Å². The molecule has 1 amide bonds. The number of aryl methyl sites for hydroxylation is 1. The fourth-order valence-corrected chi connectivity index (χ4v) is 3.18. The molecule has 128 valence electrons. The third-order valence-electron chi connectivity index (χ3n) is 3.37. The Morgan fingerprint density at radius 3 is 2.76 bits per heavy atom. The Balaban J connectivity index is 1.98. The van der Waals surface area contributed by atoms with E-state index in [1.165, 1.54) is 37.4 Å². The average Bonchev–Trinajstić information content (AvgIpc) is 3.14. The molecule has 0 aliphatic heterocycles. The molecular formula is C16H11ClFN3O3S. The van der Waals surface area contributed by atoms with Gasteiger partial charge >= 0.3 is 0 Å². The van der Waals surface area contributed by atoms with Gasteiger partial charge in [-0.1, -0.05) is 22.8 Å². The molecule has 2 heterocycles. The number of hydrogen-bond acceptors (Lipinski definition) is 6. The van der Waals surface area contributed by atoms with Crippen LogP contribution < -0.4 is 5.32 Å². The van der Waals surface area contributed by atoms with Crippen LogP contribution in [-0.4, -0.2) is 21.8 Å². The number of Topliss-reactive ketones (excluding diaryl/α,β-unsaturated/α-hetero) is 1. The molecule has 1 N–H and O–H groups in total. The number of aromatic nitrogens is 2. The molecule has 0 saturated carbocycles. The Labute approximate surface area is 150 Å². The smallest absolute Gasteiger partial charge is 0.263 e. The van der Waals surface area contributed by atoms with Gasteiger partial charge in [-0.25, -0.2) is 9.37 Å². The number of hydrogen-bond donors (Lipinski definition) is 1. The summed E-state index contributed by atoms with van der Waals surface area (Å²) < 4.78 is 19.2. The predicted molar refractivity (Wildman–Crippen MR) is 91.7 cm³/mol. The van der Waals surface area contributed by atoms with Gasteiger partial charge in [-0.2, -0.15) is 0 Å². The van der Waals surface area contributed by atoms with Crippen molar-refractivity contribution in [1.82, 2.24) is 10.1 Å². The highest BCUT2D eigenvalue weighted by atomic mass is 35.5. The van der Waals surface area contributed by atoms with Crippen molar-refractivity contribution in [1.29, 1.82) is 0 Å². The SMILES string of the molecule is CC(=O)c1csc(NC(=O)c2c(-c3c(F)cccc3Cl)noc2C)n1. The van der Waals surface area contributed by atoms with Gasteiger partial charge in [-0.05, 0) is 19.1 Å². The number of benzene rings is 1. The van der Waals surface area contributed by atoms with Crippen molar-refractivity contribution < 1.29 is 18.5 Å². The first-order valence-electron chi connectivity index (χ1n) is 7.07. The lowest BCUT2D eigenvalue weighted by Crippen LogP contribution is -2.14. The molecule has 9 heteroatoms. The maximum Gasteiger partial charge on any atom is 0.263 e. The normalized spacial score (nSPS) is 10.7. The van der Waals surface area contributed by atoms with Crippen LogP contribution in [0.5, 0.6) is 0 Å². The largest absolute Gasteiger partial charge is 0.360 e. The number of rotatable bonds is 4. The number of thiazole rings is 1. The first-order valence-corrected chi connectivity index (χ1v) is 8.32.